The van der Waals surface area contributed by atoms with Gasteiger partial charge in [-0.05, 0) is 55.1 Å². The number of benzene rings is 1. The van der Waals surface area contributed by atoms with Gasteiger partial charge in [0.15, 0.2) is 0 Å². The van der Waals surface area contributed by atoms with E-state index in [1.54, 1.807) is 11.8 Å². The Labute approximate surface area is 111 Å². The standard InChI is InChI=1S/C14H24OSSi/c1-11-8-12(10-13(9-11)16-5)15-17(6,7)14(2,3)4/h8-10H,1-7H3. The molecule has 0 aliphatic rings. The number of rotatable bonds is 3. The molecule has 0 atom stereocenters. The molecule has 0 saturated heterocycles. The van der Waals surface area contributed by atoms with Gasteiger partial charge in [0.05, 0.1) is 0 Å². The second-order valence-electron chi connectivity index (χ2n) is 6.05. The normalized spacial score (nSPS) is 12.6. The van der Waals surface area contributed by atoms with Gasteiger partial charge in [0.2, 0.25) is 8.32 Å². The van der Waals surface area contributed by atoms with E-state index in [2.05, 4.69) is 65.2 Å². The summed E-state index contributed by atoms with van der Waals surface area (Å²) < 4.78 is 6.32. The quantitative estimate of drug-likeness (QED) is 0.557. The number of thioether (sulfide) groups is 1. The Morgan fingerprint density at radius 1 is 1.12 bits per heavy atom. The molecule has 1 nitrogen and oxygen atoms in total. The Hall–Kier alpha value is -0.413. The van der Waals surface area contributed by atoms with Crippen LogP contribution in [0.15, 0.2) is 23.1 Å². The van der Waals surface area contributed by atoms with Gasteiger partial charge in [0, 0.05) is 4.90 Å². The number of aryl methyl sites for hydroxylation is 1. The van der Waals surface area contributed by atoms with E-state index in [1.165, 1.54) is 10.5 Å². The van der Waals surface area contributed by atoms with Crippen molar-refractivity contribution in [2.24, 2.45) is 0 Å². The predicted octanol–water partition coefficient (Wildman–Crippen LogP) is 5.10. The van der Waals surface area contributed by atoms with Gasteiger partial charge < -0.3 is 4.43 Å². The van der Waals surface area contributed by atoms with Crippen LogP contribution in [-0.4, -0.2) is 14.6 Å². The molecule has 0 N–H and O–H groups in total. The Bertz CT molecular complexity index is 394. The van der Waals surface area contributed by atoms with E-state index in [0.29, 0.717) is 0 Å². The molecule has 1 aromatic carbocycles. The van der Waals surface area contributed by atoms with Gasteiger partial charge in [-0.25, -0.2) is 0 Å². The van der Waals surface area contributed by atoms with Gasteiger partial charge in [-0.2, -0.15) is 0 Å². The highest BCUT2D eigenvalue weighted by Crippen LogP contribution is 2.38. The third-order valence-electron chi connectivity index (χ3n) is 3.44. The van der Waals surface area contributed by atoms with Crippen LogP contribution in [0.2, 0.25) is 18.1 Å². The maximum absolute atomic E-state index is 6.32. The minimum atomic E-state index is -1.71. The number of hydrogen-bond acceptors (Lipinski definition) is 2. The molecule has 1 aromatic rings. The maximum atomic E-state index is 6.32. The summed E-state index contributed by atoms with van der Waals surface area (Å²) in [7, 11) is -1.71. The SMILES string of the molecule is CSc1cc(C)cc(O[Si](C)(C)C(C)(C)C)c1. The van der Waals surface area contributed by atoms with Crippen LogP contribution in [0.3, 0.4) is 0 Å². The summed E-state index contributed by atoms with van der Waals surface area (Å²) in [6.07, 6.45) is 2.10. The first kappa shape index (κ1) is 14.6. The summed E-state index contributed by atoms with van der Waals surface area (Å²) in [5.41, 5.74) is 1.27. The van der Waals surface area contributed by atoms with Crippen molar-refractivity contribution in [2.75, 3.05) is 6.26 Å². The van der Waals surface area contributed by atoms with Crippen LogP contribution in [0.5, 0.6) is 5.75 Å². The summed E-state index contributed by atoms with van der Waals surface area (Å²) >= 11 is 1.77. The fraction of sp³-hybridized carbons (Fsp3) is 0.571. The van der Waals surface area contributed by atoms with Crippen molar-refractivity contribution in [2.45, 2.75) is 50.7 Å². The second kappa shape index (κ2) is 5.07. The van der Waals surface area contributed by atoms with Crippen molar-refractivity contribution >= 4 is 20.1 Å². The van der Waals surface area contributed by atoms with Crippen molar-refractivity contribution in [1.29, 1.82) is 0 Å². The van der Waals surface area contributed by atoms with E-state index >= 15 is 0 Å². The molecule has 0 bridgehead atoms. The molecule has 17 heavy (non-hydrogen) atoms. The smallest absolute Gasteiger partial charge is 0.250 e. The van der Waals surface area contributed by atoms with Crippen molar-refractivity contribution in [3.8, 4) is 5.75 Å². The lowest BCUT2D eigenvalue weighted by atomic mass is 10.2. The molecule has 0 unspecified atom stereocenters. The molecule has 0 fully saturated rings. The lowest BCUT2D eigenvalue weighted by Crippen LogP contribution is -2.43. The molecule has 3 heteroatoms. The van der Waals surface area contributed by atoms with Crippen LogP contribution in [0, 0.1) is 6.92 Å². The first-order valence-electron chi connectivity index (χ1n) is 6.00. The Morgan fingerprint density at radius 3 is 2.18 bits per heavy atom. The minimum absolute atomic E-state index is 0.246. The summed E-state index contributed by atoms with van der Waals surface area (Å²) in [6.45, 7) is 13.5. The zero-order valence-electron chi connectivity index (χ0n) is 12.0. The average Bonchev–Trinajstić information content (AvgIpc) is 2.14. The predicted molar refractivity (Wildman–Crippen MR) is 80.8 cm³/mol. The molecule has 1 rings (SSSR count). The van der Waals surface area contributed by atoms with Gasteiger partial charge in [0.25, 0.3) is 0 Å². The zero-order chi connectivity index (χ0) is 13.3. The van der Waals surface area contributed by atoms with E-state index in [0.717, 1.165) is 5.75 Å². The first-order valence-corrected chi connectivity index (χ1v) is 10.1. The topological polar surface area (TPSA) is 9.23 Å². The van der Waals surface area contributed by atoms with E-state index in [1.807, 2.05) is 0 Å². The fourth-order valence-electron chi connectivity index (χ4n) is 1.34. The Balaban J connectivity index is 2.99. The third kappa shape index (κ3) is 3.78. The van der Waals surface area contributed by atoms with Gasteiger partial charge in [-0.3, -0.25) is 0 Å². The molecule has 0 saturated carbocycles. The molecule has 96 valence electrons. The lowest BCUT2D eigenvalue weighted by Gasteiger charge is -2.36. The molecule has 0 aromatic heterocycles. The molecular weight excluding hydrogens is 244 g/mol. The molecular formula is C14H24OSSi. The van der Waals surface area contributed by atoms with E-state index in [-0.39, 0.29) is 5.04 Å². The highest BCUT2D eigenvalue weighted by atomic mass is 32.2. The highest BCUT2D eigenvalue weighted by molar-refractivity contribution is 7.98. The molecule has 0 aliphatic carbocycles. The molecule has 0 amide bonds. The average molecular weight is 268 g/mol. The monoisotopic (exact) mass is 268 g/mol. The van der Waals surface area contributed by atoms with Crippen molar-refractivity contribution < 1.29 is 4.43 Å². The highest BCUT2D eigenvalue weighted by Gasteiger charge is 2.38. The van der Waals surface area contributed by atoms with Crippen LogP contribution in [0.25, 0.3) is 0 Å². The second-order valence-corrected chi connectivity index (χ2v) is 11.7. The maximum Gasteiger partial charge on any atom is 0.250 e. The summed E-state index contributed by atoms with van der Waals surface area (Å²) in [6, 6.07) is 6.49. The van der Waals surface area contributed by atoms with Crippen LogP contribution in [0.4, 0.5) is 0 Å². The fourth-order valence-corrected chi connectivity index (χ4v) is 2.89. The summed E-state index contributed by atoms with van der Waals surface area (Å²) in [4.78, 5) is 1.28. The first-order chi connectivity index (χ1) is 7.65. The van der Waals surface area contributed by atoms with Gasteiger partial charge in [0.1, 0.15) is 5.75 Å². The van der Waals surface area contributed by atoms with Crippen molar-refractivity contribution in [3.63, 3.8) is 0 Å². The zero-order valence-corrected chi connectivity index (χ0v) is 13.9. The van der Waals surface area contributed by atoms with Crippen LogP contribution in [0.1, 0.15) is 26.3 Å². The molecule has 0 heterocycles. The Morgan fingerprint density at radius 2 is 1.71 bits per heavy atom. The van der Waals surface area contributed by atoms with Crippen LogP contribution < -0.4 is 4.43 Å². The van der Waals surface area contributed by atoms with Crippen molar-refractivity contribution in [1.82, 2.24) is 0 Å². The minimum Gasteiger partial charge on any atom is -0.543 e. The molecule has 0 radical (unpaired) electrons. The van der Waals surface area contributed by atoms with Gasteiger partial charge >= 0.3 is 0 Å². The molecule has 0 aliphatic heterocycles. The third-order valence-corrected chi connectivity index (χ3v) is 8.50. The lowest BCUT2D eigenvalue weighted by molar-refractivity contribution is 0.491. The van der Waals surface area contributed by atoms with E-state index < -0.39 is 8.32 Å². The largest absolute Gasteiger partial charge is 0.543 e. The van der Waals surface area contributed by atoms with Crippen LogP contribution >= 0.6 is 11.8 Å². The number of hydrogen-bond donors (Lipinski definition) is 0. The Kier molecular flexibility index (Phi) is 4.36. The van der Waals surface area contributed by atoms with E-state index in [4.69, 9.17) is 4.43 Å². The summed E-state index contributed by atoms with van der Waals surface area (Å²) in [5.74, 6) is 1.03. The summed E-state index contributed by atoms with van der Waals surface area (Å²) in [5, 5.41) is 0.246. The van der Waals surface area contributed by atoms with Gasteiger partial charge in [-0.1, -0.05) is 20.8 Å². The van der Waals surface area contributed by atoms with Crippen molar-refractivity contribution in [3.05, 3.63) is 23.8 Å². The van der Waals surface area contributed by atoms with E-state index in [9.17, 15) is 0 Å². The molecule has 0 spiro atoms. The van der Waals surface area contributed by atoms with Crippen LogP contribution in [-0.2, 0) is 0 Å². The van der Waals surface area contributed by atoms with Gasteiger partial charge in [-0.15, -0.1) is 11.8 Å².